The smallest absolute Gasteiger partial charge is 0.358 e. The summed E-state index contributed by atoms with van der Waals surface area (Å²) in [6, 6.07) is -0.0895. The van der Waals surface area contributed by atoms with Crippen LogP contribution in [0.15, 0.2) is 11.3 Å². The van der Waals surface area contributed by atoms with Crippen LogP contribution < -0.4 is 5.43 Å². The average Bonchev–Trinajstić information content (AvgIpc) is 2.87. The SMILES string of the molecule is O=C1CCC(C(=O)N2CC(n3cc(C(=O)O)nn3)C2)=NN1. The Labute approximate surface area is 118 Å². The lowest BCUT2D eigenvalue weighted by Gasteiger charge is -2.39. The fourth-order valence-corrected chi connectivity index (χ4v) is 2.15. The van der Waals surface area contributed by atoms with Crippen LogP contribution in [0.4, 0.5) is 0 Å². The minimum absolute atomic E-state index is 0.0895. The molecule has 1 fully saturated rings. The largest absolute Gasteiger partial charge is 0.476 e. The number of nitrogens with zero attached hydrogens (tertiary/aromatic N) is 5. The maximum Gasteiger partial charge on any atom is 0.358 e. The summed E-state index contributed by atoms with van der Waals surface area (Å²) >= 11 is 0. The van der Waals surface area contributed by atoms with E-state index in [0.29, 0.717) is 25.2 Å². The van der Waals surface area contributed by atoms with Gasteiger partial charge in [-0.1, -0.05) is 5.21 Å². The first-order valence-corrected chi connectivity index (χ1v) is 6.34. The van der Waals surface area contributed by atoms with Gasteiger partial charge in [0.1, 0.15) is 5.71 Å². The van der Waals surface area contributed by atoms with E-state index < -0.39 is 5.97 Å². The lowest BCUT2D eigenvalue weighted by atomic mass is 10.1. The van der Waals surface area contributed by atoms with E-state index in [1.165, 1.54) is 10.9 Å². The number of aromatic nitrogens is 3. The number of carboxylic acid groups (broad SMARTS) is 1. The Morgan fingerprint density at radius 3 is 2.67 bits per heavy atom. The molecule has 1 aromatic rings. The Bertz CT molecular complexity index is 645. The Kier molecular flexibility index (Phi) is 3.12. The van der Waals surface area contributed by atoms with Crippen LogP contribution in [-0.2, 0) is 9.59 Å². The van der Waals surface area contributed by atoms with Crippen LogP contribution >= 0.6 is 0 Å². The summed E-state index contributed by atoms with van der Waals surface area (Å²) in [7, 11) is 0. The summed E-state index contributed by atoms with van der Waals surface area (Å²) in [4.78, 5) is 35.3. The molecule has 2 aliphatic heterocycles. The van der Waals surface area contributed by atoms with Gasteiger partial charge in [0.05, 0.1) is 12.2 Å². The normalized spacial score (nSPS) is 18.8. The van der Waals surface area contributed by atoms with Gasteiger partial charge in [-0.25, -0.2) is 14.9 Å². The third-order valence-corrected chi connectivity index (χ3v) is 3.40. The number of carboxylic acids is 1. The number of carbonyl (C=O) groups is 3. The second-order valence-corrected chi connectivity index (χ2v) is 4.85. The van der Waals surface area contributed by atoms with Gasteiger partial charge in [0.15, 0.2) is 5.69 Å². The monoisotopic (exact) mass is 292 g/mol. The van der Waals surface area contributed by atoms with Crippen LogP contribution in [-0.4, -0.2) is 61.6 Å². The van der Waals surface area contributed by atoms with E-state index in [2.05, 4.69) is 20.8 Å². The molecule has 2 amide bonds. The zero-order valence-corrected chi connectivity index (χ0v) is 10.9. The summed E-state index contributed by atoms with van der Waals surface area (Å²) < 4.78 is 1.44. The molecule has 2 aliphatic rings. The van der Waals surface area contributed by atoms with Gasteiger partial charge in [-0.05, 0) is 0 Å². The highest BCUT2D eigenvalue weighted by atomic mass is 16.4. The predicted molar refractivity (Wildman–Crippen MR) is 67.4 cm³/mol. The van der Waals surface area contributed by atoms with Crippen molar-refractivity contribution in [3.63, 3.8) is 0 Å². The zero-order valence-electron chi connectivity index (χ0n) is 10.9. The fraction of sp³-hybridized carbons (Fsp3) is 0.455. The minimum atomic E-state index is -1.14. The summed E-state index contributed by atoms with van der Waals surface area (Å²) in [6.07, 6.45) is 1.93. The van der Waals surface area contributed by atoms with Gasteiger partial charge in [-0.3, -0.25) is 9.59 Å². The van der Waals surface area contributed by atoms with Gasteiger partial charge >= 0.3 is 5.97 Å². The van der Waals surface area contributed by atoms with Crippen molar-refractivity contribution in [3.05, 3.63) is 11.9 Å². The molecule has 10 nitrogen and oxygen atoms in total. The lowest BCUT2D eigenvalue weighted by Crippen LogP contribution is -2.53. The van der Waals surface area contributed by atoms with Crippen molar-refractivity contribution < 1.29 is 19.5 Å². The molecule has 3 heterocycles. The first kappa shape index (κ1) is 13.2. The van der Waals surface area contributed by atoms with Crippen molar-refractivity contribution in [2.75, 3.05) is 13.1 Å². The predicted octanol–water partition coefficient (Wildman–Crippen LogP) is -1.37. The number of carbonyl (C=O) groups excluding carboxylic acids is 2. The Morgan fingerprint density at radius 2 is 2.10 bits per heavy atom. The van der Waals surface area contributed by atoms with E-state index >= 15 is 0 Å². The van der Waals surface area contributed by atoms with Crippen molar-refractivity contribution in [1.82, 2.24) is 25.3 Å². The van der Waals surface area contributed by atoms with Crippen molar-refractivity contribution in [3.8, 4) is 0 Å². The van der Waals surface area contributed by atoms with E-state index in [4.69, 9.17) is 5.11 Å². The standard InChI is InChI=1S/C11H12N6O4/c18-9-2-1-7(12-14-9)10(19)16-3-6(4-16)17-5-8(11(20)21)13-15-17/h5-6H,1-4H2,(H,14,18)(H,20,21). The quantitative estimate of drug-likeness (QED) is 0.706. The molecule has 0 atom stereocenters. The molecule has 2 N–H and O–H groups in total. The molecule has 3 rings (SSSR count). The molecule has 0 saturated carbocycles. The first-order chi connectivity index (χ1) is 10.0. The molecule has 0 unspecified atom stereocenters. The van der Waals surface area contributed by atoms with Crippen LogP contribution in [0.1, 0.15) is 29.4 Å². The Balaban J connectivity index is 1.59. The van der Waals surface area contributed by atoms with Crippen molar-refractivity contribution in [2.45, 2.75) is 18.9 Å². The van der Waals surface area contributed by atoms with Crippen LogP contribution in [0, 0.1) is 0 Å². The summed E-state index contributed by atoms with van der Waals surface area (Å²) in [5.41, 5.74) is 2.49. The van der Waals surface area contributed by atoms with Gasteiger partial charge in [-0.15, -0.1) is 5.10 Å². The summed E-state index contributed by atoms with van der Waals surface area (Å²) in [5.74, 6) is -1.55. The second-order valence-electron chi connectivity index (χ2n) is 4.85. The molecule has 21 heavy (non-hydrogen) atoms. The highest BCUT2D eigenvalue weighted by Gasteiger charge is 2.35. The second kappa shape index (κ2) is 4.96. The molecule has 1 aromatic heterocycles. The highest BCUT2D eigenvalue weighted by Crippen LogP contribution is 2.21. The third kappa shape index (κ3) is 2.47. The van der Waals surface area contributed by atoms with Crippen molar-refractivity contribution >= 4 is 23.5 Å². The number of hydrogen-bond donors (Lipinski definition) is 2. The third-order valence-electron chi connectivity index (χ3n) is 3.40. The Hall–Kier alpha value is -2.78. The van der Waals surface area contributed by atoms with E-state index in [9.17, 15) is 14.4 Å². The van der Waals surface area contributed by atoms with Crippen LogP contribution in [0.5, 0.6) is 0 Å². The molecule has 0 bridgehead atoms. The number of hydrogen-bond acceptors (Lipinski definition) is 6. The molecular weight excluding hydrogens is 280 g/mol. The van der Waals surface area contributed by atoms with Gasteiger partial charge in [0, 0.05) is 25.9 Å². The molecule has 110 valence electrons. The van der Waals surface area contributed by atoms with Crippen LogP contribution in [0.25, 0.3) is 0 Å². The zero-order chi connectivity index (χ0) is 15.0. The number of aromatic carboxylic acids is 1. The van der Waals surface area contributed by atoms with E-state index in [1.54, 1.807) is 4.90 Å². The Morgan fingerprint density at radius 1 is 1.33 bits per heavy atom. The maximum atomic E-state index is 12.1. The average molecular weight is 292 g/mol. The minimum Gasteiger partial charge on any atom is -0.476 e. The molecule has 10 heteroatoms. The number of hydrazone groups is 1. The number of nitrogens with one attached hydrogen (secondary N) is 1. The van der Waals surface area contributed by atoms with Gasteiger partial charge in [0.2, 0.25) is 5.91 Å². The maximum absolute atomic E-state index is 12.1. The van der Waals surface area contributed by atoms with Crippen LogP contribution in [0.3, 0.4) is 0 Å². The molecule has 0 aromatic carbocycles. The number of rotatable bonds is 3. The highest BCUT2D eigenvalue weighted by molar-refractivity contribution is 6.39. The fourth-order valence-electron chi connectivity index (χ4n) is 2.15. The molecular formula is C11H12N6O4. The van der Waals surface area contributed by atoms with E-state index in [0.717, 1.165) is 0 Å². The lowest BCUT2D eigenvalue weighted by molar-refractivity contribution is -0.130. The topological polar surface area (TPSA) is 130 Å². The van der Waals surface area contributed by atoms with Crippen LogP contribution in [0.2, 0.25) is 0 Å². The van der Waals surface area contributed by atoms with Gasteiger partial charge < -0.3 is 10.0 Å². The van der Waals surface area contributed by atoms with Crippen molar-refractivity contribution in [2.24, 2.45) is 5.10 Å². The van der Waals surface area contributed by atoms with E-state index in [-0.39, 0.29) is 30.0 Å². The summed E-state index contributed by atoms with van der Waals surface area (Å²) in [6.45, 7) is 0.822. The molecule has 0 radical (unpaired) electrons. The van der Waals surface area contributed by atoms with Crippen molar-refractivity contribution in [1.29, 1.82) is 0 Å². The van der Waals surface area contributed by atoms with Gasteiger partial charge in [-0.2, -0.15) is 5.10 Å². The van der Waals surface area contributed by atoms with Gasteiger partial charge in [0.25, 0.3) is 5.91 Å². The molecule has 0 spiro atoms. The molecule has 0 aliphatic carbocycles. The first-order valence-electron chi connectivity index (χ1n) is 6.34. The molecule has 1 saturated heterocycles. The number of amides is 2. The van der Waals surface area contributed by atoms with E-state index in [1.807, 2.05) is 0 Å². The number of likely N-dealkylation sites (tertiary alicyclic amines) is 1. The summed E-state index contributed by atoms with van der Waals surface area (Å²) in [5, 5.41) is 19.8.